The SMILES string of the molecule is C#CCC(C)NS(=O)(=O)c1ccc(C(=O)O)cc1F. The summed E-state index contributed by atoms with van der Waals surface area (Å²) in [4.78, 5) is 10.0. The van der Waals surface area contributed by atoms with Gasteiger partial charge in [0, 0.05) is 12.5 Å². The zero-order valence-electron chi connectivity index (χ0n) is 10.1. The van der Waals surface area contributed by atoms with Crippen molar-refractivity contribution in [3.05, 3.63) is 29.6 Å². The molecule has 0 aliphatic rings. The van der Waals surface area contributed by atoms with Crippen LogP contribution >= 0.6 is 0 Å². The number of sulfonamides is 1. The van der Waals surface area contributed by atoms with E-state index in [0.29, 0.717) is 6.07 Å². The highest BCUT2D eigenvalue weighted by Gasteiger charge is 2.22. The van der Waals surface area contributed by atoms with Crippen LogP contribution in [0.25, 0.3) is 0 Å². The summed E-state index contributed by atoms with van der Waals surface area (Å²) in [7, 11) is -4.07. The molecule has 0 amide bonds. The maximum Gasteiger partial charge on any atom is 0.335 e. The van der Waals surface area contributed by atoms with Gasteiger partial charge in [0.25, 0.3) is 0 Å². The molecule has 0 saturated heterocycles. The molecule has 7 heteroatoms. The molecule has 1 rings (SSSR count). The lowest BCUT2D eigenvalue weighted by atomic mass is 10.2. The molecule has 0 aliphatic carbocycles. The van der Waals surface area contributed by atoms with Crippen LogP contribution in [-0.4, -0.2) is 25.5 Å². The minimum absolute atomic E-state index is 0.161. The third kappa shape index (κ3) is 3.77. The fourth-order valence-electron chi connectivity index (χ4n) is 1.40. The summed E-state index contributed by atoms with van der Waals surface area (Å²) in [5.74, 6) is -0.180. The van der Waals surface area contributed by atoms with E-state index in [9.17, 15) is 17.6 Å². The van der Waals surface area contributed by atoms with Gasteiger partial charge in [0.2, 0.25) is 10.0 Å². The van der Waals surface area contributed by atoms with E-state index >= 15 is 0 Å². The van der Waals surface area contributed by atoms with E-state index < -0.39 is 32.7 Å². The van der Waals surface area contributed by atoms with Crippen molar-refractivity contribution in [3.63, 3.8) is 0 Å². The Bertz CT molecular complexity index is 634. The quantitative estimate of drug-likeness (QED) is 0.797. The van der Waals surface area contributed by atoms with Crippen LogP contribution in [0, 0.1) is 18.2 Å². The molecule has 1 unspecified atom stereocenters. The van der Waals surface area contributed by atoms with E-state index in [1.54, 1.807) is 6.92 Å². The first-order chi connectivity index (χ1) is 8.77. The number of carboxylic acids is 1. The summed E-state index contributed by atoms with van der Waals surface area (Å²) in [5, 5.41) is 8.66. The predicted molar refractivity (Wildman–Crippen MR) is 66.6 cm³/mol. The van der Waals surface area contributed by atoms with Crippen LogP contribution in [0.15, 0.2) is 23.1 Å². The summed E-state index contributed by atoms with van der Waals surface area (Å²) < 4.78 is 39.5. The van der Waals surface area contributed by atoms with Crippen LogP contribution in [0.1, 0.15) is 23.7 Å². The molecule has 19 heavy (non-hydrogen) atoms. The van der Waals surface area contributed by atoms with Gasteiger partial charge in [0.1, 0.15) is 10.7 Å². The van der Waals surface area contributed by atoms with Gasteiger partial charge in [-0.15, -0.1) is 12.3 Å². The van der Waals surface area contributed by atoms with E-state index in [2.05, 4.69) is 10.6 Å². The van der Waals surface area contributed by atoms with Crippen LogP contribution in [0.3, 0.4) is 0 Å². The molecule has 5 nitrogen and oxygen atoms in total. The van der Waals surface area contributed by atoms with Gasteiger partial charge < -0.3 is 5.11 Å². The second-order valence-electron chi connectivity index (χ2n) is 3.88. The molecule has 0 fully saturated rings. The maximum absolute atomic E-state index is 13.6. The summed E-state index contributed by atoms with van der Waals surface area (Å²) in [6.07, 6.45) is 5.21. The number of hydrogen-bond acceptors (Lipinski definition) is 3. The molecule has 0 spiro atoms. The summed E-state index contributed by atoms with van der Waals surface area (Å²) in [6.45, 7) is 1.54. The first-order valence-corrected chi connectivity index (χ1v) is 6.75. The average molecular weight is 285 g/mol. The van der Waals surface area contributed by atoms with E-state index in [1.807, 2.05) is 0 Å². The number of rotatable bonds is 5. The second kappa shape index (κ2) is 5.82. The van der Waals surface area contributed by atoms with Gasteiger partial charge >= 0.3 is 5.97 Å². The summed E-state index contributed by atoms with van der Waals surface area (Å²) >= 11 is 0. The second-order valence-corrected chi connectivity index (χ2v) is 5.56. The summed E-state index contributed by atoms with van der Waals surface area (Å²) in [5.41, 5.74) is -0.326. The van der Waals surface area contributed by atoms with Gasteiger partial charge in [0.05, 0.1) is 5.56 Å². The maximum atomic E-state index is 13.6. The number of halogens is 1. The van der Waals surface area contributed by atoms with Crippen molar-refractivity contribution >= 4 is 16.0 Å². The smallest absolute Gasteiger partial charge is 0.335 e. The molecule has 0 bridgehead atoms. The first-order valence-electron chi connectivity index (χ1n) is 5.26. The molecule has 0 aliphatic heterocycles. The lowest BCUT2D eigenvalue weighted by Crippen LogP contribution is -2.32. The predicted octanol–water partition coefficient (Wildman–Crippen LogP) is 1.21. The molecule has 1 aromatic rings. The third-order valence-corrected chi connectivity index (χ3v) is 3.87. The van der Waals surface area contributed by atoms with Crippen molar-refractivity contribution in [2.24, 2.45) is 0 Å². The monoisotopic (exact) mass is 285 g/mol. The Labute approximate surface area is 110 Å². The lowest BCUT2D eigenvalue weighted by Gasteiger charge is -2.12. The molecule has 1 aromatic carbocycles. The standard InChI is InChI=1S/C12H12FNO4S/c1-3-4-8(2)14-19(17,18)11-6-5-9(12(15)16)7-10(11)13/h1,5-8,14H,4H2,2H3,(H,15,16). The van der Waals surface area contributed by atoms with Crippen molar-refractivity contribution in [2.45, 2.75) is 24.3 Å². The van der Waals surface area contributed by atoms with Crippen LogP contribution in [-0.2, 0) is 10.0 Å². The zero-order chi connectivity index (χ0) is 14.6. The van der Waals surface area contributed by atoms with Crippen LogP contribution in [0.5, 0.6) is 0 Å². The molecule has 0 aromatic heterocycles. The molecule has 2 N–H and O–H groups in total. The van der Waals surface area contributed by atoms with Crippen LogP contribution in [0.2, 0.25) is 0 Å². The normalized spacial score (nSPS) is 12.7. The van der Waals surface area contributed by atoms with Crippen LogP contribution in [0.4, 0.5) is 4.39 Å². The third-order valence-electron chi connectivity index (χ3n) is 2.25. The highest BCUT2D eigenvalue weighted by atomic mass is 32.2. The number of carboxylic acid groups (broad SMARTS) is 1. The van der Waals surface area contributed by atoms with E-state index in [-0.39, 0.29) is 12.0 Å². The van der Waals surface area contributed by atoms with E-state index in [0.717, 1.165) is 12.1 Å². The van der Waals surface area contributed by atoms with Gasteiger partial charge in [-0.05, 0) is 25.1 Å². The largest absolute Gasteiger partial charge is 0.478 e. The molecule has 0 radical (unpaired) electrons. The van der Waals surface area contributed by atoms with Gasteiger partial charge in [-0.25, -0.2) is 22.3 Å². The number of benzene rings is 1. The number of hydrogen-bond donors (Lipinski definition) is 2. The number of terminal acetylenes is 1. The minimum Gasteiger partial charge on any atom is -0.478 e. The fourth-order valence-corrected chi connectivity index (χ4v) is 2.70. The number of aromatic carboxylic acids is 1. The molecule has 0 heterocycles. The van der Waals surface area contributed by atoms with Crippen molar-refractivity contribution in [2.75, 3.05) is 0 Å². The Balaban J connectivity index is 3.09. The minimum atomic E-state index is -4.07. The van der Waals surface area contributed by atoms with E-state index in [4.69, 9.17) is 11.5 Å². The highest BCUT2D eigenvalue weighted by molar-refractivity contribution is 7.89. The lowest BCUT2D eigenvalue weighted by molar-refractivity contribution is 0.0696. The van der Waals surface area contributed by atoms with Crippen molar-refractivity contribution in [1.29, 1.82) is 0 Å². The van der Waals surface area contributed by atoms with Crippen LogP contribution < -0.4 is 4.72 Å². The topological polar surface area (TPSA) is 83.5 Å². The molecule has 102 valence electrons. The van der Waals surface area contributed by atoms with E-state index in [1.165, 1.54) is 0 Å². The number of nitrogens with one attached hydrogen (secondary N) is 1. The molecule has 1 atom stereocenters. The highest BCUT2D eigenvalue weighted by Crippen LogP contribution is 2.16. The van der Waals surface area contributed by atoms with Gasteiger partial charge in [-0.1, -0.05) is 0 Å². The number of carbonyl (C=O) groups is 1. The Hall–Kier alpha value is -1.91. The van der Waals surface area contributed by atoms with Gasteiger partial charge in [0.15, 0.2) is 0 Å². The molecular formula is C12H12FNO4S. The fraction of sp³-hybridized carbons (Fsp3) is 0.250. The van der Waals surface area contributed by atoms with Gasteiger partial charge in [-0.3, -0.25) is 0 Å². The molecule has 0 saturated carbocycles. The van der Waals surface area contributed by atoms with Gasteiger partial charge in [-0.2, -0.15) is 0 Å². The molecular weight excluding hydrogens is 273 g/mol. The summed E-state index contributed by atoms with van der Waals surface area (Å²) in [6, 6.07) is 2.03. The zero-order valence-corrected chi connectivity index (χ0v) is 10.9. The Morgan fingerprint density at radius 2 is 2.21 bits per heavy atom. The van der Waals surface area contributed by atoms with Crippen molar-refractivity contribution < 1.29 is 22.7 Å². The first kappa shape index (κ1) is 15.1. The Morgan fingerprint density at radius 1 is 1.58 bits per heavy atom. The van der Waals surface area contributed by atoms with Crippen molar-refractivity contribution in [3.8, 4) is 12.3 Å². The Morgan fingerprint density at radius 3 is 2.68 bits per heavy atom. The van der Waals surface area contributed by atoms with Crippen molar-refractivity contribution in [1.82, 2.24) is 4.72 Å². The Kier molecular flexibility index (Phi) is 4.64. The average Bonchev–Trinajstić information content (AvgIpc) is 2.27.